The van der Waals surface area contributed by atoms with Gasteiger partial charge in [0.1, 0.15) is 0 Å². The molecule has 0 saturated carbocycles. The molecule has 172 valence electrons. The summed E-state index contributed by atoms with van der Waals surface area (Å²) in [6.45, 7) is 2.31. The van der Waals surface area contributed by atoms with Crippen LogP contribution in [0.3, 0.4) is 0 Å². The van der Waals surface area contributed by atoms with Crippen LogP contribution in [0.5, 0.6) is 0 Å². The molecule has 4 rings (SSSR count). The molecule has 3 aromatic rings. The van der Waals surface area contributed by atoms with E-state index in [2.05, 4.69) is 10.3 Å². The fourth-order valence-corrected chi connectivity index (χ4v) is 4.74. The molecule has 9 heteroatoms. The van der Waals surface area contributed by atoms with Crippen LogP contribution in [-0.2, 0) is 16.1 Å². The van der Waals surface area contributed by atoms with Crippen LogP contribution in [0.25, 0.3) is 10.9 Å². The molecule has 1 aliphatic rings. The second-order valence-corrected chi connectivity index (χ2v) is 9.28. The normalized spacial score (nSPS) is 13.6. The molecule has 0 aliphatic carbocycles. The molecule has 2 aromatic carbocycles. The summed E-state index contributed by atoms with van der Waals surface area (Å²) in [7, 11) is 0. The van der Waals surface area contributed by atoms with E-state index >= 15 is 0 Å². The lowest BCUT2D eigenvalue weighted by atomic mass is 10.2. The Bertz CT molecular complexity index is 1210. The maximum Gasteiger partial charge on any atom is 0.262 e. The summed E-state index contributed by atoms with van der Waals surface area (Å²) < 4.78 is 1.60. The first-order valence-electron chi connectivity index (χ1n) is 10.9. The molecular formula is C24H25ClN4O3S. The second kappa shape index (κ2) is 10.9. The topological polar surface area (TPSA) is 84.3 Å². The van der Waals surface area contributed by atoms with Crippen molar-refractivity contribution in [1.82, 2.24) is 19.8 Å². The molecule has 0 bridgehead atoms. The maximum atomic E-state index is 13.2. The summed E-state index contributed by atoms with van der Waals surface area (Å²) in [5.41, 5.74) is 1.38. The fraction of sp³-hybridized carbons (Fsp3) is 0.333. The predicted octanol–water partition coefficient (Wildman–Crippen LogP) is 3.32. The number of carbonyl (C=O) groups excluding carboxylic acids is 2. The first-order valence-corrected chi connectivity index (χ1v) is 12.3. The molecule has 1 aromatic heterocycles. The van der Waals surface area contributed by atoms with Gasteiger partial charge in [0.25, 0.3) is 5.56 Å². The minimum atomic E-state index is -0.145. The minimum absolute atomic E-state index is 0.131. The van der Waals surface area contributed by atoms with Gasteiger partial charge in [-0.3, -0.25) is 19.0 Å². The van der Waals surface area contributed by atoms with Crippen molar-refractivity contribution in [1.29, 1.82) is 0 Å². The van der Waals surface area contributed by atoms with Crippen LogP contribution in [0.2, 0.25) is 5.02 Å². The molecule has 1 aliphatic heterocycles. The molecule has 1 fully saturated rings. The van der Waals surface area contributed by atoms with E-state index in [9.17, 15) is 14.4 Å². The Morgan fingerprint density at radius 2 is 1.91 bits per heavy atom. The highest BCUT2D eigenvalue weighted by Gasteiger charge is 2.19. The van der Waals surface area contributed by atoms with Gasteiger partial charge in [0.05, 0.1) is 23.2 Å². The van der Waals surface area contributed by atoms with E-state index in [1.165, 1.54) is 11.8 Å². The summed E-state index contributed by atoms with van der Waals surface area (Å²) in [5.74, 6) is 0.208. The van der Waals surface area contributed by atoms with Gasteiger partial charge >= 0.3 is 0 Å². The Kier molecular flexibility index (Phi) is 7.67. The van der Waals surface area contributed by atoms with E-state index in [0.717, 1.165) is 24.9 Å². The van der Waals surface area contributed by atoms with E-state index in [1.807, 2.05) is 29.2 Å². The zero-order valence-electron chi connectivity index (χ0n) is 18.1. The Balaban J connectivity index is 1.42. The fourth-order valence-electron chi connectivity index (χ4n) is 3.79. The molecule has 2 heterocycles. The zero-order chi connectivity index (χ0) is 23.2. The average molecular weight is 485 g/mol. The van der Waals surface area contributed by atoms with Gasteiger partial charge in [0.15, 0.2) is 5.16 Å². The summed E-state index contributed by atoms with van der Waals surface area (Å²) in [4.78, 5) is 43.7. The number of rotatable bonds is 9. The quantitative estimate of drug-likeness (QED) is 0.286. The molecule has 0 atom stereocenters. The van der Waals surface area contributed by atoms with Crippen LogP contribution in [-0.4, -0.2) is 51.7 Å². The molecular weight excluding hydrogens is 460 g/mol. The number of nitrogens with zero attached hydrogens (tertiary/aromatic N) is 3. The first kappa shape index (κ1) is 23.3. The predicted molar refractivity (Wildman–Crippen MR) is 131 cm³/mol. The lowest BCUT2D eigenvalue weighted by molar-refractivity contribution is -0.127. The lowest BCUT2D eigenvalue weighted by Crippen LogP contribution is -2.31. The molecule has 0 radical (unpaired) electrons. The van der Waals surface area contributed by atoms with Crippen molar-refractivity contribution in [2.45, 2.75) is 31.0 Å². The zero-order valence-corrected chi connectivity index (χ0v) is 19.7. The van der Waals surface area contributed by atoms with Gasteiger partial charge in [-0.2, -0.15) is 0 Å². The van der Waals surface area contributed by atoms with Crippen LogP contribution in [0, 0.1) is 0 Å². The van der Waals surface area contributed by atoms with Gasteiger partial charge in [-0.1, -0.05) is 47.6 Å². The smallest absolute Gasteiger partial charge is 0.262 e. The summed E-state index contributed by atoms with van der Waals surface area (Å²) in [6, 6.07) is 14.5. The van der Waals surface area contributed by atoms with Gasteiger partial charge in [0.2, 0.25) is 11.8 Å². The number of nitrogens with one attached hydrogen (secondary N) is 1. The molecule has 33 heavy (non-hydrogen) atoms. The Morgan fingerprint density at radius 3 is 2.67 bits per heavy atom. The van der Waals surface area contributed by atoms with Gasteiger partial charge in [-0.05, 0) is 42.7 Å². The van der Waals surface area contributed by atoms with E-state index in [-0.39, 0.29) is 23.1 Å². The van der Waals surface area contributed by atoms with Crippen LogP contribution in [0.1, 0.15) is 24.8 Å². The summed E-state index contributed by atoms with van der Waals surface area (Å²) in [6.07, 6.45) is 2.26. The number of aromatic nitrogens is 2. The highest BCUT2D eigenvalue weighted by Crippen LogP contribution is 2.19. The van der Waals surface area contributed by atoms with Crippen molar-refractivity contribution in [2.24, 2.45) is 0 Å². The molecule has 2 amide bonds. The average Bonchev–Trinajstić information content (AvgIpc) is 3.23. The van der Waals surface area contributed by atoms with E-state index in [4.69, 9.17) is 11.6 Å². The Morgan fingerprint density at radius 1 is 1.12 bits per heavy atom. The van der Waals surface area contributed by atoms with Gasteiger partial charge in [-0.15, -0.1) is 0 Å². The Labute approximate surface area is 201 Å². The number of benzene rings is 2. The standard InChI is InChI=1S/C24H25ClN4O3S/c25-18-10-8-17(9-11-18)15-29-23(32)19-5-1-2-6-20(19)27-24(29)33-16-21(30)26-12-4-14-28-13-3-7-22(28)31/h1-2,5-6,8-11H,3-4,7,12-16H2,(H,26,30). The highest BCUT2D eigenvalue weighted by molar-refractivity contribution is 7.99. The van der Waals surface area contributed by atoms with Crippen molar-refractivity contribution >= 4 is 46.1 Å². The number of fused-ring (bicyclic) bond motifs is 1. The third kappa shape index (κ3) is 5.94. The number of amides is 2. The third-order valence-electron chi connectivity index (χ3n) is 5.51. The van der Waals surface area contributed by atoms with Crippen LogP contribution >= 0.6 is 23.4 Å². The molecule has 0 unspecified atom stereocenters. The van der Waals surface area contributed by atoms with Crippen LogP contribution in [0.15, 0.2) is 58.5 Å². The van der Waals surface area contributed by atoms with E-state index < -0.39 is 0 Å². The van der Waals surface area contributed by atoms with Crippen LogP contribution < -0.4 is 10.9 Å². The summed E-state index contributed by atoms with van der Waals surface area (Å²) in [5, 5.41) is 4.55. The van der Waals surface area contributed by atoms with Crippen LogP contribution in [0.4, 0.5) is 0 Å². The van der Waals surface area contributed by atoms with E-state index in [0.29, 0.717) is 47.1 Å². The minimum Gasteiger partial charge on any atom is -0.355 e. The number of thioether (sulfide) groups is 1. The largest absolute Gasteiger partial charge is 0.355 e. The molecule has 1 N–H and O–H groups in total. The highest BCUT2D eigenvalue weighted by atomic mass is 35.5. The lowest BCUT2D eigenvalue weighted by Gasteiger charge is -2.15. The number of para-hydroxylation sites is 1. The number of hydrogen-bond acceptors (Lipinski definition) is 5. The van der Waals surface area contributed by atoms with Crippen molar-refractivity contribution in [3.8, 4) is 0 Å². The van der Waals surface area contributed by atoms with Crippen molar-refractivity contribution in [3.63, 3.8) is 0 Å². The third-order valence-corrected chi connectivity index (χ3v) is 6.74. The second-order valence-electron chi connectivity index (χ2n) is 7.91. The van der Waals surface area contributed by atoms with Gasteiger partial charge < -0.3 is 10.2 Å². The van der Waals surface area contributed by atoms with Gasteiger partial charge in [-0.25, -0.2) is 4.98 Å². The monoisotopic (exact) mass is 484 g/mol. The van der Waals surface area contributed by atoms with Gasteiger partial charge in [0, 0.05) is 31.1 Å². The number of likely N-dealkylation sites (tertiary alicyclic amines) is 1. The maximum absolute atomic E-state index is 13.2. The molecule has 1 saturated heterocycles. The number of carbonyl (C=O) groups is 2. The Hall–Kier alpha value is -2.84. The number of halogens is 1. The molecule has 0 spiro atoms. The SMILES string of the molecule is O=C(CSc1nc2ccccc2c(=O)n1Cc1ccc(Cl)cc1)NCCCN1CCCC1=O. The molecule has 7 nitrogen and oxygen atoms in total. The van der Waals surface area contributed by atoms with Crippen molar-refractivity contribution < 1.29 is 9.59 Å². The summed E-state index contributed by atoms with van der Waals surface area (Å²) >= 11 is 7.23. The van der Waals surface area contributed by atoms with Crippen molar-refractivity contribution in [3.05, 3.63) is 69.5 Å². The van der Waals surface area contributed by atoms with E-state index in [1.54, 1.807) is 28.8 Å². The first-order chi connectivity index (χ1) is 16.0. The number of hydrogen-bond donors (Lipinski definition) is 1. The van der Waals surface area contributed by atoms with Crippen molar-refractivity contribution in [2.75, 3.05) is 25.4 Å².